The van der Waals surface area contributed by atoms with Crippen LogP contribution in [0.25, 0.3) is 0 Å². The number of anilines is 1. The van der Waals surface area contributed by atoms with Crippen molar-refractivity contribution in [3.05, 3.63) is 29.1 Å². The van der Waals surface area contributed by atoms with E-state index in [4.69, 9.17) is 0 Å². The van der Waals surface area contributed by atoms with E-state index in [1.807, 2.05) is 0 Å². The Morgan fingerprint density at radius 1 is 1.53 bits per heavy atom. The highest BCUT2D eigenvalue weighted by Gasteiger charge is 2.28. The standard InChI is InChI=1S/C11H12FNO2/c1-6(14)7-3-8-5-10(15)13(2)11(8)9(12)4-7/h3-4,6,14H,5H2,1-2H3. The zero-order valence-electron chi connectivity index (χ0n) is 8.62. The van der Waals surface area contributed by atoms with E-state index in [-0.39, 0.29) is 12.3 Å². The summed E-state index contributed by atoms with van der Waals surface area (Å²) in [6, 6.07) is 2.96. The number of aliphatic hydroxyl groups excluding tert-OH is 1. The first-order valence-corrected chi connectivity index (χ1v) is 4.77. The van der Waals surface area contributed by atoms with E-state index in [1.54, 1.807) is 20.0 Å². The highest BCUT2D eigenvalue weighted by molar-refractivity contribution is 6.01. The Bertz CT molecular complexity index is 429. The Morgan fingerprint density at radius 2 is 2.20 bits per heavy atom. The van der Waals surface area contributed by atoms with E-state index in [9.17, 15) is 14.3 Å². The SMILES string of the molecule is CC(O)c1cc(F)c2c(c1)CC(=O)N2C. The fourth-order valence-electron chi connectivity index (χ4n) is 1.84. The largest absolute Gasteiger partial charge is 0.389 e. The summed E-state index contributed by atoms with van der Waals surface area (Å²) in [6.45, 7) is 1.57. The maximum absolute atomic E-state index is 13.6. The zero-order valence-corrected chi connectivity index (χ0v) is 8.62. The average Bonchev–Trinajstić information content (AvgIpc) is 2.42. The summed E-state index contributed by atoms with van der Waals surface area (Å²) in [6.07, 6.45) is -0.505. The van der Waals surface area contributed by atoms with Crippen LogP contribution in [0, 0.1) is 5.82 Å². The van der Waals surface area contributed by atoms with E-state index in [2.05, 4.69) is 0 Å². The van der Waals surface area contributed by atoms with E-state index >= 15 is 0 Å². The van der Waals surface area contributed by atoms with E-state index in [1.165, 1.54) is 11.0 Å². The minimum Gasteiger partial charge on any atom is -0.389 e. The van der Waals surface area contributed by atoms with Gasteiger partial charge in [-0.3, -0.25) is 4.79 Å². The van der Waals surface area contributed by atoms with Crippen molar-refractivity contribution < 1.29 is 14.3 Å². The molecule has 0 aliphatic carbocycles. The minimum atomic E-state index is -0.717. The first kappa shape index (κ1) is 10.1. The summed E-state index contributed by atoms with van der Waals surface area (Å²) >= 11 is 0. The Labute approximate surface area is 87.1 Å². The van der Waals surface area contributed by atoms with Crippen LogP contribution < -0.4 is 4.90 Å². The minimum absolute atomic E-state index is 0.119. The summed E-state index contributed by atoms with van der Waals surface area (Å²) in [7, 11) is 1.55. The van der Waals surface area contributed by atoms with Crippen LogP contribution in [-0.4, -0.2) is 18.1 Å². The number of hydrogen-bond donors (Lipinski definition) is 1. The number of aliphatic hydroxyl groups is 1. The highest BCUT2D eigenvalue weighted by atomic mass is 19.1. The number of benzene rings is 1. The van der Waals surface area contributed by atoms with Crippen LogP contribution in [0.5, 0.6) is 0 Å². The lowest BCUT2D eigenvalue weighted by atomic mass is 10.0. The fourth-order valence-corrected chi connectivity index (χ4v) is 1.84. The Balaban J connectivity index is 2.56. The maximum Gasteiger partial charge on any atom is 0.231 e. The van der Waals surface area contributed by atoms with Crippen LogP contribution in [-0.2, 0) is 11.2 Å². The average molecular weight is 209 g/mol. The van der Waals surface area contributed by atoms with Crippen LogP contribution >= 0.6 is 0 Å². The van der Waals surface area contributed by atoms with Gasteiger partial charge in [0.1, 0.15) is 5.82 Å². The van der Waals surface area contributed by atoms with Crippen molar-refractivity contribution in [2.45, 2.75) is 19.4 Å². The molecule has 0 saturated carbocycles. The van der Waals surface area contributed by atoms with Gasteiger partial charge in [-0.2, -0.15) is 0 Å². The van der Waals surface area contributed by atoms with E-state index < -0.39 is 11.9 Å². The van der Waals surface area contributed by atoms with E-state index in [0.717, 1.165) is 0 Å². The molecule has 0 spiro atoms. The molecule has 1 aromatic rings. The highest BCUT2D eigenvalue weighted by Crippen LogP contribution is 2.33. The number of hydrogen-bond acceptors (Lipinski definition) is 2. The molecular weight excluding hydrogens is 197 g/mol. The van der Waals surface area contributed by atoms with Gasteiger partial charge in [-0.25, -0.2) is 4.39 Å². The smallest absolute Gasteiger partial charge is 0.231 e. The van der Waals surface area contributed by atoms with Gasteiger partial charge in [0.05, 0.1) is 18.2 Å². The van der Waals surface area contributed by atoms with Crippen LogP contribution in [0.15, 0.2) is 12.1 Å². The number of fused-ring (bicyclic) bond motifs is 1. The van der Waals surface area contributed by atoms with Crippen LogP contribution in [0.3, 0.4) is 0 Å². The number of amides is 1. The van der Waals surface area contributed by atoms with Gasteiger partial charge in [0.2, 0.25) is 5.91 Å². The van der Waals surface area contributed by atoms with Gasteiger partial charge in [0, 0.05) is 7.05 Å². The molecule has 0 saturated heterocycles. The second-order valence-corrected chi connectivity index (χ2v) is 3.82. The molecule has 1 N–H and O–H groups in total. The molecule has 1 aromatic carbocycles. The lowest BCUT2D eigenvalue weighted by molar-refractivity contribution is -0.117. The molecule has 80 valence electrons. The molecule has 0 bridgehead atoms. The maximum atomic E-state index is 13.6. The second-order valence-electron chi connectivity index (χ2n) is 3.82. The van der Waals surface area contributed by atoms with Crippen LogP contribution in [0.1, 0.15) is 24.2 Å². The normalized spacial score (nSPS) is 16.8. The molecule has 4 heteroatoms. The Morgan fingerprint density at radius 3 is 2.80 bits per heavy atom. The van der Waals surface area contributed by atoms with Crippen molar-refractivity contribution in [2.75, 3.05) is 11.9 Å². The van der Waals surface area contributed by atoms with Crippen molar-refractivity contribution in [3.8, 4) is 0 Å². The van der Waals surface area contributed by atoms with Crippen LogP contribution in [0.2, 0.25) is 0 Å². The number of likely N-dealkylation sites (N-methyl/N-ethyl adjacent to an activating group) is 1. The fraction of sp³-hybridized carbons (Fsp3) is 0.364. The molecule has 15 heavy (non-hydrogen) atoms. The molecule has 0 aromatic heterocycles. The third-order valence-electron chi connectivity index (χ3n) is 2.70. The van der Waals surface area contributed by atoms with Crippen molar-refractivity contribution in [1.29, 1.82) is 0 Å². The summed E-state index contributed by atoms with van der Waals surface area (Å²) in [5, 5.41) is 9.35. The first-order chi connectivity index (χ1) is 7.00. The molecule has 3 nitrogen and oxygen atoms in total. The number of nitrogens with zero attached hydrogens (tertiary/aromatic N) is 1. The number of carbonyl (C=O) groups excluding carboxylic acids is 1. The van der Waals surface area contributed by atoms with Crippen LogP contribution in [0.4, 0.5) is 10.1 Å². The third-order valence-corrected chi connectivity index (χ3v) is 2.70. The molecule has 1 unspecified atom stereocenters. The zero-order chi connectivity index (χ0) is 11.2. The predicted molar refractivity (Wildman–Crippen MR) is 54.1 cm³/mol. The molecule has 1 aliphatic heterocycles. The summed E-state index contributed by atoms with van der Waals surface area (Å²) in [5.41, 5.74) is 1.50. The number of halogens is 1. The van der Waals surface area contributed by atoms with Gasteiger partial charge in [0.25, 0.3) is 0 Å². The van der Waals surface area contributed by atoms with Crippen molar-refractivity contribution >= 4 is 11.6 Å². The first-order valence-electron chi connectivity index (χ1n) is 4.77. The van der Waals surface area contributed by atoms with Gasteiger partial charge in [-0.1, -0.05) is 6.07 Å². The number of rotatable bonds is 1. The Kier molecular flexibility index (Phi) is 2.23. The Hall–Kier alpha value is -1.42. The molecule has 0 radical (unpaired) electrons. The predicted octanol–water partition coefficient (Wildman–Crippen LogP) is 1.40. The van der Waals surface area contributed by atoms with Gasteiger partial charge in [0.15, 0.2) is 0 Å². The van der Waals surface area contributed by atoms with Gasteiger partial charge < -0.3 is 10.0 Å². The number of carbonyl (C=O) groups is 1. The van der Waals surface area contributed by atoms with Crippen molar-refractivity contribution in [2.24, 2.45) is 0 Å². The summed E-state index contributed by atoms with van der Waals surface area (Å²) in [5.74, 6) is -0.566. The molecule has 1 amide bonds. The molecular formula is C11H12FNO2. The third kappa shape index (κ3) is 1.51. The summed E-state index contributed by atoms with van der Waals surface area (Å²) < 4.78 is 13.6. The van der Waals surface area contributed by atoms with Gasteiger partial charge in [-0.15, -0.1) is 0 Å². The monoisotopic (exact) mass is 209 g/mol. The summed E-state index contributed by atoms with van der Waals surface area (Å²) in [4.78, 5) is 12.7. The van der Waals surface area contributed by atoms with E-state index in [0.29, 0.717) is 16.8 Å². The molecule has 1 atom stereocenters. The quantitative estimate of drug-likeness (QED) is 0.759. The second kappa shape index (κ2) is 3.31. The lowest BCUT2D eigenvalue weighted by Gasteiger charge is -2.13. The molecule has 1 heterocycles. The molecule has 2 rings (SSSR count). The molecule has 0 fully saturated rings. The molecule has 1 aliphatic rings. The van der Waals surface area contributed by atoms with Gasteiger partial charge >= 0.3 is 0 Å². The lowest BCUT2D eigenvalue weighted by Crippen LogP contribution is -2.21. The van der Waals surface area contributed by atoms with Gasteiger partial charge in [-0.05, 0) is 24.1 Å². The van der Waals surface area contributed by atoms with Crippen molar-refractivity contribution in [3.63, 3.8) is 0 Å². The van der Waals surface area contributed by atoms with Crippen molar-refractivity contribution in [1.82, 2.24) is 0 Å². The topological polar surface area (TPSA) is 40.5 Å².